The van der Waals surface area contributed by atoms with Crippen LogP contribution in [0.3, 0.4) is 0 Å². The largest absolute Gasteiger partial charge is 0.472 e. The summed E-state index contributed by atoms with van der Waals surface area (Å²) in [6.45, 7) is 7.81. The second-order valence-electron chi connectivity index (χ2n) is 15.2. The Morgan fingerprint density at radius 1 is 1.14 bits per heavy atom. The lowest BCUT2D eigenvalue weighted by Crippen LogP contribution is -2.63. The van der Waals surface area contributed by atoms with Crippen molar-refractivity contribution in [2.24, 2.45) is 28.6 Å². The number of phosphoric ester groups is 1. The number of fused-ring (bicyclic) bond motifs is 7. The first kappa shape index (κ1) is 35.9. The predicted molar refractivity (Wildman–Crippen MR) is 177 cm³/mol. The van der Waals surface area contributed by atoms with Crippen molar-refractivity contribution in [3.05, 3.63) is 54.1 Å². The van der Waals surface area contributed by atoms with Gasteiger partial charge >= 0.3 is 13.9 Å². The van der Waals surface area contributed by atoms with Gasteiger partial charge in [-0.3, -0.25) is 18.6 Å². The van der Waals surface area contributed by atoms with Crippen LogP contribution in [0.2, 0.25) is 0 Å². The highest BCUT2D eigenvalue weighted by atomic mass is 31.2. The number of nitrogens with one attached hydrogen (secondary N) is 2. The van der Waals surface area contributed by atoms with E-state index in [1.165, 1.54) is 0 Å². The number of phosphoric acid groups is 1. The summed E-state index contributed by atoms with van der Waals surface area (Å²) in [5, 5.41) is 17.6. The zero-order valence-electron chi connectivity index (χ0n) is 28.5. The normalized spacial score (nSPS) is 37.5. The number of aliphatic hydroxyl groups excluding tert-OH is 1. The topological polar surface area (TPSA) is 179 Å². The molecule has 4 N–H and O–H groups in total. The number of carbonyl (C=O) groups excluding carboxylic acids is 3. The Balaban J connectivity index is 1.21. The summed E-state index contributed by atoms with van der Waals surface area (Å²) in [5.41, 5.74) is -2.05. The predicted octanol–water partition coefficient (Wildman–Crippen LogP) is 4.65. The molecule has 1 amide bonds. The Morgan fingerprint density at radius 2 is 1.88 bits per heavy atom. The Hall–Kier alpha value is -2.90. The van der Waals surface area contributed by atoms with Gasteiger partial charge in [-0.1, -0.05) is 43.7 Å². The van der Waals surface area contributed by atoms with E-state index in [-0.39, 0.29) is 43.1 Å². The summed E-state index contributed by atoms with van der Waals surface area (Å²) in [7, 11) is -4.74. The number of hydrogen-bond acceptors (Lipinski definition) is 11. The molecule has 0 aromatic heterocycles. The molecule has 0 spiro atoms. The van der Waals surface area contributed by atoms with Crippen molar-refractivity contribution in [1.29, 1.82) is 0 Å². The number of rotatable bonds is 10. The molecule has 1 aromatic carbocycles. The van der Waals surface area contributed by atoms with Gasteiger partial charge in [-0.05, 0) is 82.6 Å². The molecule has 1 aromatic rings. The third kappa shape index (κ3) is 6.67. The molecule has 1 saturated heterocycles. The van der Waals surface area contributed by atoms with Gasteiger partial charge in [0, 0.05) is 29.0 Å². The fourth-order valence-electron chi connectivity index (χ4n) is 9.22. The first-order chi connectivity index (χ1) is 23.0. The summed E-state index contributed by atoms with van der Waals surface area (Å²) in [6, 6.07) is 9.25. The Bertz CT molecular complexity index is 1580. The van der Waals surface area contributed by atoms with Crippen molar-refractivity contribution in [2.75, 3.05) is 25.1 Å². The highest BCUT2D eigenvalue weighted by Crippen LogP contribution is 2.69. The number of amides is 1. The number of ketones is 2. The highest BCUT2D eigenvalue weighted by Gasteiger charge is 2.76. The van der Waals surface area contributed by atoms with Gasteiger partial charge < -0.3 is 34.8 Å². The van der Waals surface area contributed by atoms with Crippen LogP contribution < -0.4 is 10.6 Å². The number of hydrogen-bond donors (Lipinski definition) is 4. The molecule has 1 aliphatic heterocycles. The van der Waals surface area contributed by atoms with E-state index in [0.717, 1.165) is 12.0 Å². The number of alkyl carbamates (subject to hydrolysis) is 1. The van der Waals surface area contributed by atoms with E-state index >= 15 is 0 Å². The van der Waals surface area contributed by atoms with Gasteiger partial charge in [0.15, 0.2) is 17.2 Å². The van der Waals surface area contributed by atoms with Gasteiger partial charge in [0.25, 0.3) is 0 Å². The summed E-state index contributed by atoms with van der Waals surface area (Å²) in [5.74, 6) is -0.948. The average molecular weight is 703 g/mol. The molecule has 6 rings (SSSR count). The van der Waals surface area contributed by atoms with Crippen LogP contribution in [0.1, 0.15) is 60.3 Å². The van der Waals surface area contributed by atoms with Crippen LogP contribution in [0.15, 0.2) is 54.1 Å². The number of anilines is 1. The van der Waals surface area contributed by atoms with Gasteiger partial charge in [0.2, 0.25) is 6.41 Å². The highest BCUT2D eigenvalue weighted by molar-refractivity contribution is 7.47. The van der Waals surface area contributed by atoms with Crippen LogP contribution in [0.4, 0.5) is 10.5 Å². The molecule has 0 radical (unpaired) electrons. The van der Waals surface area contributed by atoms with Crippen molar-refractivity contribution in [3.63, 3.8) is 0 Å². The number of carbonyl (C=O) groups is 3. The fraction of sp³-hybridized carbons (Fsp3) is 0.629. The quantitative estimate of drug-likeness (QED) is 0.196. The maximum atomic E-state index is 14.4. The first-order valence-electron chi connectivity index (χ1n) is 16.9. The van der Waals surface area contributed by atoms with Crippen LogP contribution in [0.5, 0.6) is 0 Å². The van der Waals surface area contributed by atoms with E-state index in [2.05, 4.69) is 17.6 Å². The molecular formula is C35H47N2O11P. The lowest BCUT2D eigenvalue weighted by Gasteiger charge is -2.59. The van der Waals surface area contributed by atoms with E-state index < -0.39 is 67.0 Å². The monoisotopic (exact) mass is 702 g/mol. The number of ether oxygens (including phenoxy) is 3. The minimum Gasteiger partial charge on any atom is -0.444 e. The minimum atomic E-state index is -4.74. The Morgan fingerprint density at radius 3 is 2.59 bits per heavy atom. The van der Waals surface area contributed by atoms with E-state index in [1.807, 2.05) is 43.3 Å². The van der Waals surface area contributed by atoms with E-state index in [0.29, 0.717) is 18.5 Å². The summed E-state index contributed by atoms with van der Waals surface area (Å²) >= 11 is 0. The standard InChI is InChI=1S/C35H47N2O11P/c1-32(2,3)47-30(41)36-15-16-44-49(42,43)45-20-27(40)35-28(46-31(48-35)37-22-9-7-6-8-10-22)18-25-24-12-11-21-17-23(38)13-14-33(21,4)29(24)26(39)19-34(25,35)5/h6-10,13-14,17,24-26,28-29,31,37,39H,11-12,15-16,18-20H2,1-5H3,(H,36,41)(H,42,43)/t24-,25-,26-,28+,29?,31?,33-,34-,35+/m0/s1. The molecule has 3 unspecified atom stereocenters. The molecule has 10 atom stereocenters. The molecule has 268 valence electrons. The molecule has 1 heterocycles. The summed E-state index contributed by atoms with van der Waals surface area (Å²) < 4.78 is 41.3. The van der Waals surface area contributed by atoms with Crippen LogP contribution in [-0.2, 0) is 37.4 Å². The summed E-state index contributed by atoms with van der Waals surface area (Å²) in [6.07, 6.45) is 3.97. The lowest BCUT2D eigenvalue weighted by molar-refractivity contribution is -0.195. The fourth-order valence-corrected chi connectivity index (χ4v) is 9.89. The minimum absolute atomic E-state index is 0.0116. The number of allylic oxidation sites excluding steroid dienone is 4. The van der Waals surface area contributed by atoms with Crippen LogP contribution in [-0.4, -0.2) is 77.2 Å². The van der Waals surface area contributed by atoms with Gasteiger partial charge in [-0.25, -0.2) is 9.36 Å². The maximum absolute atomic E-state index is 14.4. The lowest BCUT2D eigenvalue weighted by atomic mass is 9.46. The van der Waals surface area contributed by atoms with Crippen molar-refractivity contribution in [2.45, 2.75) is 90.1 Å². The van der Waals surface area contributed by atoms with E-state index in [4.69, 9.17) is 23.3 Å². The van der Waals surface area contributed by atoms with Crippen LogP contribution in [0.25, 0.3) is 0 Å². The zero-order valence-corrected chi connectivity index (χ0v) is 29.4. The van der Waals surface area contributed by atoms with Gasteiger partial charge in [0.05, 0.1) is 18.8 Å². The Kier molecular flexibility index (Phi) is 9.54. The van der Waals surface area contributed by atoms with Crippen molar-refractivity contribution in [1.82, 2.24) is 5.32 Å². The second kappa shape index (κ2) is 13.0. The Labute approximate surface area is 286 Å². The molecular weight excluding hydrogens is 655 g/mol. The van der Waals surface area contributed by atoms with Crippen molar-refractivity contribution in [3.8, 4) is 0 Å². The molecule has 14 heteroatoms. The molecule has 5 aliphatic rings. The third-order valence-electron chi connectivity index (χ3n) is 11.1. The molecule has 13 nitrogen and oxygen atoms in total. The van der Waals surface area contributed by atoms with Gasteiger partial charge in [0.1, 0.15) is 12.2 Å². The summed E-state index contributed by atoms with van der Waals surface area (Å²) in [4.78, 5) is 49.0. The van der Waals surface area contributed by atoms with Gasteiger partial charge in [-0.15, -0.1) is 0 Å². The maximum Gasteiger partial charge on any atom is 0.472 e. The average Bonchev–Trinajstić information content (AvgIpc) is 3.49. The van der Waals surface area contributed by atoms with Crippen molar-refractivity contribution < 1.29 is 52.2 Å². The van der Waals surface area contributed by atoms with E-state index in [1.54, 1.807) is 32.9 Å². The first-order valence-corrected chi connectivity index (χ1v) is 18.4. The molecule has 4 fully saturated rings. The van der Waals surface area contributed by atoms with Crippen molar-refractivity contribution >= 4 is 31.2 Å². The smallest absolute Gasteiger partial charge is 0.444 e. The molecule has 0 bridgehead atoms. The third-order valence-corrected chi connectivity index (χ3v) is 12.1. The van der Waals surface area contributed by atoms with Gasteiger partial charge in [-0.2, -0.15) is 0 Å². The van der Waals surface area contributed by atoms with Crippen LogP contribution >= 0.6 is 7.82 Å². The zero-order chi connectivity index (χ0) is 35.4. The molecule has 3 saturated carbocycles. The SMILES string of the molecule is CC(C)(C)OC(=O)NCCOP(=O)(O)OCC(=O)[C@@]12OC(Nc3ccccc3)O[C@@H]1C[C@H]1[C@@H]3CCC4=CC(=O)C=C[C@]4(C)C3[C@@H](O)C[C@@]12C. The number of aliphatic hydroxyl groups is 1. The van der Waals surface area contributed by atoms with Crippen LogP contribution in [0, 0.1) is 28.6 Å². The number of benzene rings is 1. The van der Waals surface area contributed by atoms with E-state index in [9.17, 15) is 28.9 Å². The number of Topliss-reactive ketones (excluding diaryl/α,β-unsaturated/α-hetero) is 1. The molecule has 4 aliphatic carbocycles. The molecule has 49 heavy (non-hydrogen) atoms. The number of para-hydroxylation sites is 1. The second-order valence-corrected chi connectivity index (χ2v) is 16.6.